The molecule has 4 atom stereocenters. The number of anilines is 1. The third-order valence-corrected chi connectivity index (χ3v) is 15.3. The molecule has 5 aromatic rings. The molecule has 2 aromatic heterocycles. The summed E-state index contributed by atoms with van der Waals surface area (Å²) >= 11 is 7.97. The van der Waals surface area contributed by atoms with Crippen molar-refractivity contribution in [1.82, 2.24) is 19.6 Å². The average Bonchev–Trinajstić information content (AvgIpc) is 4.09. The zero-order valence-electron chi connectivity index (χ0n) is 40.6. The topological polar surface area (TPSA) is 186 Å². The molecule has 3 aromatic carbocycles. The van der Waals surface area contributed by atoms with Crippen LogP contribution in [0.1, 0.15) is 54.1 Å². The molecule has 0 N–H and O–H groups in total. The van der Waals surface area contributed by atoms with Gasteiger partial charge in [0, 0.05) is 103 Å². The molecule has 0 radical (unpaired) electrons. The molecule has 3 aliphatic rings. The van der Waals surface area contributed by atoms with Crippen molar-refractivity contribution in [2.75, 3.05) is 84.1 Å². The Kier molecular flexibility index (Phi) is 15.3. The minimum absolute atomic E-state index is 0.00593. The summed E-state index contributed by atoms with van der Waals surface area (Å²) in [6.07, 6.45) is -1.53. The molecular formula is C51H56ClN5O12S2. The van der Waals surface area contributed by atoms with Crippen LogP contribution in [0.2, 0.25) is 0 Å². The van der Waals surface area contributed by atoms with Gasteiger partial charge in [-0.05, 0) is 81.5 Å². The molecule has 4 amide bonds. The predicted octanol–water partition coefficient (Wildman–Crippen LogP) is 7.41. The Bertz CT molecular complexity index is 2950. The zero-order chi connectivity index (χ0) is 50.9. The first-order valence-electron chi connectivity index (χ1n) is 23.1. The number of hydrogen-bond donors (Lipinski definition) is 0. The van der Waals surface area contributed by atoms with Crippen LogP contribution in [0.3, 0.4) is 0 Å². The van der Waals surface area contributed by atoms with Gasteiger partial charge in [-0.1, -0.05) is 30.3 Å². The van der Waals surface area contributed by atoms with Crippen molar-refractivity contribution in [3.05, 3.63) is 99.6 Å². The number of Topliss-reactive ketones (excluding diaryl/α,β-unsaturated/α-hetero) is 1. The fraction of sp³-hybridized carbons (Fsp3) is 0.412. The second-order valence-corrected chi connectivity index (χ2v) is 21.9. The summed E-state index contributed by atoms with van der Waals surface area (Å²) in [6, 6.07) is 19.8. The lowest BCUT2D eigenvalue weighted by atomic mass is 9.89. The maximum absolute atomic E-state index is 14.3. The maximum Gasteiger partial charge on any atom is 0.415 e. The number of alkyl halides is 1. The molecule has 5 heterocycles. The SMILES string of the molecule is CN(C)CCOc1ccc2oc(C(=O)N3C[C@@H](CCl)c4c3cc(OC(=O)N(C)CCN(C)C(=O)OCC3=C(C(=O)OC(C)(C)C)N5C(=O)[C@@H](CC(=O)Cc6cccs6)[C@H]5S(=O)C3)c3ccccc43)cc2c1. The second kappa shape index (κ2) is 21.2. The number of likely N-dealkylation sites (N-methyl/N-ethyl adjacent to an activating group) is 3. The third-order valence-electron chi connectivity index (χ3n) is 12.3. The van der Waals surface area contributed by atoms with E-state index in [0.717, 1.165) is 27.3 Å². The Morgan fingerprint density at radius 2 is 1.65 bits per heavy atom. The molecule has 0 aliphatic carbocycles. The fourth-order valence-electron chi connectivity index (χ4n) is 8.77. The molecule has 3 aliphatic heterocycles. The number of thiophene rings is 1. The molecule has 0 spiro atoms. The van der Waals surface area contributed by atoms with Gasteiger partial charge in [-0.2, -0.15) is 0 Å². The van der Waals surface area contributed by atoms with Crippen LogP contribution < -0.4 is 14.4 Å². The largest absolute Gasteiger partial charge is 0.492 e. The summed E-state index contributed by atoms with van der Waals surface area (Å²) in [5, 5.41) is 3.05. The zero-order valence-corrected chi connectivity index (χ0v) is 42.9. The quantitative estimate of drug-likeness (QED) is 0.0510. The molecule has 17 nitrogen and oxygen atoms in total. The summed E-state index contributed by atoms with van der Waals surface area (Å²) in [5.74, 6) is -2.01. The van der Waals surface area contributed by atoms with Crippen molar-refractivity contribution in [2.24, 2.45) is 5.92 Å². The van der Waals surface area contributed by atoms with E-state index < -0.39 is 58.4 Å². The number of rotatable bonds is 17. The standard InChI is InChI=1S/C51H56ClN5O12S2/c1-51(2,3)69-48(61)44-32(29-71(64)47-38(45(59)57(44)47)24-33(58)23-35-11-10-20-70-35)28-66-49(62)54(6)16-17-55(7)50(63)68-41-25-39-43(37-13-9-8-12-36(37)41)31(26-52)27-56(39)46(60)42-22-30-21-34(14-15-40(30)67-42)65-19-18-53(4)5/h8-15,20-22,25,31,38,47H,16-19,23-24,26-29H2,1-7H3/t31-,38-,47-,71?/m1/s1. The van der Waals surface area contributed by atoms with Crippen molar-refractivity contribution < 1.29 is 56.3 Å². The van der Waals surface area contributed by atoms with E-state index in [1.807, 2.05) is 66.8 Å². The van der Waals surface area contributed by atoms with E-state index in [1.165, 1.54) is 35.2 Å². The number of nitrogens with zero attached hydrogens (tertiary/aromatic N) is 5. The number of ether oxygens (including phenoxy) is 4. The molecule has 0 saturated carbocycles. The minimum atomic E-state index is -1.72. The Labute approximate surface area is 422 Å². The molecule has 20 heteroatoms. The van der Waals surface area contributed by atoms with Gasteiger partial charge >= 0.3 is 18.2 Å². The van der Waals surface area contributed by atoms with Crippen molar-refractivity contribution in [3.63, 3.8) is 0 Å². The molecule has 0 bridgehead atoms. The normalized spacial score (nSPS) is 18.6. The van der Waals surface area contributed by atoms with E-state index in [4.69, 9.17) is 35.0 Å². The predicted molar refractivity (Wildman–Crippen MR) is 270 cm³/mol. The van der Waals surface area contributed by atoms with E-state index in [0.29, 0.717) is 34.4 Å². The molecule has 376 valence electrons. The lowest BCUT2D eigenvalue weighted by Crippen LogP contribution is -2.66. The van der Waals surface area contributed by atoms with E-state index in [9.17, 15) is 33.0 Å². The summed E-state index contributed by atoms with van der Waals surface area (Å²) in [6.45, 7) is 6.04. The van der Waals surface area contributed by atoms with Gasteiger partial charge in [-0.15, -0.1) is 22.9 Å². The molecule has 1 saturated heterocycles. The van der Waals surface area contributed by atoms with Crippen LogP contribution in [-0.4, -0.2) is 150 Å². The molecule has 71 heavy (non-hydrogen) atoms. The number of amides is 4. The second-order valence-electron chi connectivity index (χ2n) is 19.0. The summed E-state index contributed by atoms with van der Waals surface area (Å²) in [5.41, 5.74) is 0.941. The van der Waals surface area contributed by atoms with Gasteiger partial charge in [0.15, 0.2) is 5.76 Å². The van der Waals surface area contributed by atoms with Crippen molar-refractivity contribution in [3.8, 4) is 11.5 Å². The smallest absolute Gasteiger partial charge is 0.415 e. The van der Waals surface area contributed by atoms with Gasteiger partial charge in [0.25, 0.3) is 5.91 Å². The van der Waals surface area contributed by atoms with Crippen LogP contribution >= 0.6 is 22.9 Å². The Balaban J connectivity index is 0.922. The number of carbonyl (C=O) groups is 6. The van der Waals surface area contributed by atoms with E-state index in [2.05, 4.69) is 0 Å². The highest BCUT2D eigenvalue weighted by molar-refractivity contribution is 7.86. The van der Waals surface area contributed by atoms with Crippen LogP contribution in [0.4, 0.5) is 15.3 Å². The number of carbonyl (C=O) groups excluding carboxylic acids is 6. The van der Waals surface area contributed by atoms with E-state index in [-0.39, 0.29) is 84.5 Å². The van der Waals surface area contributed by atoms with Crippen molar-refractivity contribution in [1.29, 1.82) is 0 Å². The van der Waals surface area contributed by atoms with Gasteiger partial charge in [0.2, 0.25) is 5.91 Å². The monoisotopic (exact) mass is 1030 g/mol. The number of benzene rings is 3. The molecule has 1 fully saturated rings. The average molecular weight is 1030 g/mol. The highest BCUT2D eigenvalue weighted by atomic mass is 35.5. The van der Waals surface area contributed by atoms with E-state index >= 15 is 0 Å². The van der Waals surface area contributed by atoms with E-state index in [1.54, 1.807) is 49.9 Å². The van der Waals surface area contributed by atoms with Gasteiger partial charge in [-0.3, -0.25) is 23.5 Å². The first-order chi connectivity index (χ1) is 33.8. The van der Waals surface area contributed by atoms with Crippen LogP contribution in [0.25, 0.3) is 21.7 Å². The highest BCUT2D eigenvalue weighted by Gasteiger charge is 2.57. The molecular weight excluding hydrogens is 974 g/mol. The summed E-state index contributed by atoms with van der Waals surface area (Å²) in [4.78, 5) is 89.6. The lowest BCUT2D eigenvalue weighted by Gasteiger charge is -2.49. The van der Waals surface area contributed by atoms with Crippen molar-refractivity contribution >= 4 is 96.9 Å². The maximum atomic E-state index is 14.3. The number of hydrogen-bond acceptors (Lipinski definition) is 14. The molecule has 8 rings (SSSR count). The summed E-state index contributed by atoms with van der Waals surface area (Å²) < 4.78 is 42.9. The number of esters is 1. The van der Waals surface area contributed by atoms with Gasteiger partial charge in [0.1, 0.15) is 52.8 Å². The third kappa shape index (κ3) is 11.1. The Morgan fingerprint density at radius 3 is 2.34 bits per heavy atom. The van der Waals surface area contributed by atoms with Gasteiger partial charge < -0.3 is 43.0 Å². The van der Waals surface area contributed by atoms with Crippen LogP contribution in [0, 0.1) is 5.92 Å². The van der Waals surface area contributed by atoms with Crippen LogP contribution in [0.5, 0.6) is 11.5 Å². The summed E-state index contributed by atoms with van der Waals surface area (Å²) in [7, 11) is 5.18. The van der Waals surface area contributed by atoms with Crippen LogP contribution in [-0.2, 0) is 41.1 Å². The fourth-order valence-corrected chi connectivity index (χ4v) is 11.5. The minimum Gasteiger partial charge on any atom is -0.492 e. The number of furan rings is 1. The molecule has 1 unspecified atom stereocenters. The number of halogens is 1. The number of ketones is 1. The Morgan fingerprint density at radius 1 is 0.915 bits per heavy atom. The van der Waals surface area contributed by atoms with Gasteiger partial charge in [0.05, 0.1) is 17.4 Å². The lowest BCUT2D eigenvalue weighted by molar-refractivity contribution is -0.161. The first kappa shape index (κ1) is 51.1. The van der Waals surface area contributed by atoms with Crippen molar-refractivity contribution in [2.45, 2.75) is 50.5 Å². The van der Waals surface area contributed by atoms with Gasteiger partial charge in [-0.25, -0.2) is 14.4 Å². The number of fused-ring (bicyclic) bond motifs is 5. The van der Waals surface area contributed by atoms with Crippen LogP contribution in [0.15, 0.2) is 87.8 Å². The Hall–Kier alpha value is -6.28. The number of β-lactam (4-membered cyclic amide) rings is 1. The highest BCUT2D eigenvalue weighted by Crippen LogP contribution is 2.47. The first-order valence-corrected chi connectivity index (χ1v) is 25.9.